The lowest BCUT2D eigenvalue weighted by atomic mass is 10.1. The molecular weight excluding hydrogens is 264 g/mol. The summed E-state index contributed by atoms with van der Waals surface area (Å²) in [5.41, 5.74) is 9.43. The quantitative estimate of drug-likeness (QED) is 0.874. The minimum Gasteiger partial charge on any atom is -0.399 e. The Hall–Kier alpha value is -2.30. The van der Waals surface area contributed by atoms with Gasteiger partial charge in [0, 0.05) is 43.1 Å². The SMILES string of the molecule is CCN(CC(=O)N(C)C)c1cc(C)nc2ccc(N)cc12. The van der Waals surface area contributed by atoms with Gasteiger partial charge in [-0.15, -0.1) is 0 Å². The zero-order valence-corrected chi connectivity index (χ0v) is 13.1. The maximum Gasteiger partial charge on any atom is 0.241 e. The van der Waals surface area contributed by atoms with Gasteiger partial charge in [-0.05, 0) is 38.1 Å². The van der Waals surface area contributed by atoms with E-state index < -0.39 is 0 Å². The van der Waals surface area contributed by atoms with Crippen LogP contribution in [0.4, 0.5) is 11.4 Å². The lowest BCUT2D eigenvalue weighted by Gasteiger charge is -2.26. The Morgan fingerprint density at radius 1 is 1.29 bits per heavy atom. The average Bonchev–Trinajstić information content (AvgIpc) is 2.44. The molecule has 0 saturated heterocycles. The van der Waals surface area contributed by atoms with E-state index in [9.17, 15) is 4.79 Å². The Labute approximate surface area is 125 Å². The van der Waals surface area contributed by atoms with Crippen molar-refractivity contribution in [2.24, 2.45) is 0 Å². The van der Waals surface area contributed by atoms with Gasteiger partial charge >= 0.3 is 0 Å². The van der Waals surface area contributed by atoms with Crippen molar-refractivity contribution < 1.29 is 4.79 Å². The number of benzene rings is 1. The topological polar surface area (TPSA) is 62.5 Å². The second-order valence-corrected chi connectivity index (χ2v) is 5.36. The van der Waals surface area contributed by atoms with E-state index >= 15 is 0 Å². The van der Waals surface area contributed by atoms with Crippen LogP contribution < -0.4 is 10.6 Å². The third-order valence-electron chi connectivity index (χ3n) is 3.49. The van der Waals surface area contributed by atoms with Gasteiger partial charge in [0.2, 0.25) is 5.91 Å². The zero-order chi connectivity index (χ0) is 15.6. The van der Waals surface area contributed by atoms with Crippen LogP contribution in [0.5, 0.6) is 0 Å². The molecule has 2 aromatic rings. The standard InChI is InChI=1S/C16H22N4O/c1-5-20(10-16(21)19(3)4)15-8-11(2)18-14-7-6-12(17)9-13(14)15/h6-9H,5,10,17H2,1-4H3. The van der Waals surface area contributed by atoms with Gasteiger partial charge in [-0.25, -0.2) is 0 Å². The molecule has 112 valence electrons. The maximum atomic E-state index is 12.0. The third-order valence-corrected chi connectivity index (χ3v) is 3.49. The van der Waals surface area contributed by atoms with Crippen molar-refractivity contribution in [1.82, 2.24) is 9.88 Å². The van der Waals surface area contributed by atoms with E-state index in [-0.39, 0.29) is 5.91 Å². The highest BCUT2D eigenvalue weighted by molar-refractivity contribution is 5.95. The van der Waals surface area contributed by atoms with Crippen LogP contribution in [0.3, 0.4) is 0 Å². The van der Waals surface area contributed by atoms with E-state index in [0.717, 1.165) is 28.8 Å². The second kappa shape index (κ2) is 5.99. The largest absolute Gasteiger partial charge is 0.399 e. The van der Waals surface area contributed by atoms with Crippen molar-refractivity contribution in [3.8, 4) is 0 Å². The van der Waals surface area contributed by atoms with Gasteiger partial charge in [0.25, 0.3) is 0 Å². The van der Waals surface area contributed by atoms with Crippen LogP contribution in [-0.4, -0.2) is 43.0 Å². The molecule has 1 aromatic heterocycles. The van der Waals surface area contributed by atoms with E-state index in [1.54, 1.807) is 19.0 Å². The number of anilines is 2. The number of hydrogen-bond acceptors (Lipinski definition) is 4. The molecule has 0 aliphatic carbocycles. The first kappa shape index (κ1) is 15.1. The van der Waals surface area contributed by atoms with E-state index in [2.05, 4.69) is 9.88 Å². The molecule has 1 aromatic carbocycles. The summed E-state index contributed by atoms with van der Waals surface area (Å²) in [6.07, 6.45) is 0. The van der Waals surface area contributed by atoms with Gasteiger partial charge in [0.05, 0.1) is 12.1 Å². The monoisotopic (exact) mass is 286 g/mol. The highest BCUT2D eigenvalue weighted by Crippen LogP contribution is 2.28. The summed E-state index contributed by atoms with van der Waals surface area (Å²) in [7, 11) is 3.54. The van der Waals surface area contributed by atoms with Crippen LogP contribution in [0, 0.1) is 6.92 Å². The Bertz CT molecular complexity index is 667. The predicted octanol–water partition coefficient (Wildman–Crippen LogP) is 2.04. The molecule has 21 heavy (non-hydrogen) atoms. The summed E-state index contributed by atoms with van der Waals surface area (Å²) in [5, 5.41) is 0.981. The summed E-state index contributed by atoms with van der Waals surface area (Å²) in [5.74, 6) is 0.0726. The van der Waals surface area contributed by atoms with E-state index in [0.29, 0.717) is 12.2 Å². The van der Waals surface area contributed by atoms with E-state index in [1.165, 1.54) is 0 Å². The number of pyridine rings is 1. The van der Waals surface area contributed by atoms with Crippen LogP contribution in [0.15, 0.2) is 24.3 Å². The van der Waals surface area contributed by atoms with Crippen molar-refractivity contribution in [3.63, 3.8) is 0 Å². The predicted molar refractivity (Wildman–Crippen MR) is 87.5 cm³/mol. The average molecular weight is 286 g/mol. The molecule has 0 unspecified atom stereocenters. The second-order valence-electron chi connectivity index (χ2n) is 5.36. The Balaban J connectivity index is 2.51. The molecule has 0 fully saturated rings. The first-order valence-corrected chi connectivity index (χ1v) is 7.04. The lowest BCUT2D eigenvalue weighted by Crippen LogP contribution is -2.36. The minimum atomic E-state index is 0.0726. The molecule has 1 heterocycles. The Morgan fingerprint density at radius 2 is 2.00 bits per heavy atom. The third kappa shape index (κ3) is 3.24. The smallest absolute Gasteiger partial charge is 0.241 e. The number of carbonyl (C=O) groups excluding carboxylic acids is 1. The number of hydrogen-bond donors (Lipinski definition) is 1. The molecule has 2 rings (SSSR count). The van der Waals surface area contributed by atoms with Crippen molar-refractivity contribution in [1.29, 1.82) is 0 Å². The number of rotatable bonds is 4. The first-order chi connectivity index (χ1) is 9.92. The van der Waals surface area contributed by atoms with Gasteiger partial charge in [0.1, 0.15) is 0 Å². The molecule has 0 aliphatic heterocycles. The van der Waals surface area contributed by atoms with Gasteiger partial charge in [-0.2, -0.15) is 0 Å². The molecular formula is C16H22N4O. The fourth-order valence-corrected chi connectivity index (χ4v) is 2.29. The van der Waals surface area contributed by atoms with Crippen LogP contribution in [0.25, 0.3) is 10.9 Å². The molecule has 0 aliphatic rings. The number of nitrogens with two attached hydrogens (primary N) is 1. The Morgan fingerprint density at radius 3 is 2.62 bits per heavy atom. The number of carbonyl (C=O) groups is 1. The minimum absolute atomic E-state index is 0.0726. The van der Waals surface area contributed by atoms with Crippen LogP contribution in [-0.2, 0) is 4.79 Å². The fourth-order valence-electron chi connectivity index (χ4n) is 2.29. The van der Waals surface area contributed by atoms with Crippen molar-refractivity contribution in [2.75, 3.05) is 37.8 Å². The molecule has 0 bridgehead atoms. The normalized spacial score (nSPS) is 10.7. The van der Waals surface area contributed by atoms with Gasteiger partial charge in [-0.1, -0.05) is 0 Å². The van der Waals surface area contributed by atoms with Crippen molar-refractivity contribution in [3.05, 3.63) is 30.0 Å². The van der Waals surface area contributed by atoms with Crippen LogP contribution in [0.2, 0.25) is 0 Å². The van der Waals surface area contributed by atoms with Crippen molar-refractivity contribution in [2.45, 2.75) is 13.8 Å². The fraction of sp³-hybridized carbons (Fsp3) is 0.375. The Kier molecular flexibility index (Phi) is 4.31. The van der Waals surface area contributed by atoms with E-state index in [4.69, 9.17) is 5.73 Å². The van der Waals surface area contributed by atoms with E-state index in [1.807, 2.05) is 38.1 Å². The molecule has 0 spiro atoms. The molecule has 0 saturated carbocycles. The summed E-state index contributed by atoms with van der Waals surface area (Å²) in [4.78, 5) is 20.2. The molecule has 0 atom stereocenters. The number of aryl methyl sites for hydroxylation is 1. The number of likely N-dealkylation sites (N-methyl/N-ethyl adjacent to an activating group) is 2. The van der Waals surface area contributed by atoms with Gasteiger partial charge in [0.15, 0.2) is 0 Å². The number of fused-ring (bicyclic) bond motifs is 1. The first-order valence-electron chi connectivity index (χ1n) is 7.04. The van der Waals surface area contributed by atoms with Gasteiger partial charge in [-0.3, -0.25) is 9.78 Å². The number of nitrogen functional groups attached to an aromatic ring is 1. The van der Waals surface area contributed by atoms with Crippen LogP contribution in [0.1, 0.15) is 12.6 Å². The maximum absolute atomic E-state index is 12.0. The molecule has 2 N–H and O–H groups in total. The summed E-state index contributed by atoms with van der Waals surface area (Å²) < 4.78 is 0. The lowest BCUT2D eigenvalue weighted by molar-refractivity contribution is -0.127. The number of amides is 1. The van der Waals surface area contributed by atoms with Crippen molar-refractivity contribution >= 4 is 28.2 Å². The summed E-state index contributed by atoms with van der Waals surface area (Å²) >= 11 is 0. The van der Waals surface area contributed by atoms with Crippen LogP contribution >= 0.6 is 0 Å². The number of nitrogens with zero attached hydrogens (tertiary/aromatic N) is 3. The molecule has 5 heteroatoms. The highest BCUT2D eigenvalue weighted by atomic mass is 16.2. The summed E-state index contributed by atoms with van der Waals surface area (Å²) in [6, 6.07) is 7.69. The highest BCUT2D eigenvalue weighted by Gasteiger charge is 2.15. The molecule has 5 nitrogen and oxygen atoms in total. The summed E-state index contributed by atoms with van der Waals surface area (Å²) in [6.45, 7) is 5.08. The zero-order valence-electron chi connectivity index (χ0n) is 13.1. The number of aromatic nitrogens is 1. The molecule has 0 radical (unpaired) electrons. The molecule has 1 amide bonds. The van der Waals surface area contributed by atoms with Gasteiger partial charge < -0.3 is 15.5 Å².